The van der Waals surface area contributed by atoms with Crippen LogP contribution in [0.2, 0.25) is 10.0 Å². The molecule has 1 amide bonds. The van der Waals surface area contributed by atoms with Crippen molar-refractivity contribution in [2.45, 2.75) is 0 Å². The van der Waals surface area contributed by atoms with E-state index < -0.39 is 5.63 Å². The molecule has 4 rings (SSSR count). The molecule has 0 saturated carbocycles. The van der Waals surface area contributed by atoms with Crippen LogP contribution in [0.4, 0.5) is 5.69 Å². The van der Waals surface area contributed by atoms with Gasteiger partial charge in [0.25, 0.3) is 5.91 Å². The molecule has 0 spiro atoms. The number of fused-ring (bicyclic) bond motifs is 1. The van der Waals surface area contributed by atoms with E-state index >= 15 is 0 Å². The second-order valence-electron chi connectivity index (χ2n) is 6.60. The lowest BCUT2D eigenvalue weighted by atomic mass is 10.1. The number of benzene rings is 3. The van der Waals surface area contributed by atoms with Crippen LogP contribution in [0.15, 0.2) is 82.0 Å². The van der Waals surface area contributed by atoms with Crippen LogP contribution in [-0.2, 0) is 0 Å². The van der Waals surface area contributed by atoms with Crippen LogP contribution < -0.4 is 16.3 Å². The highest BCUT2D eigenvalue weighted by atomic mass is 35.5. The van der Waals surface area contributed by atoms with E-state index in [4.69, 9.17) is 39.8 Å². The van der Waals surface area contributed by atoms with Crippen LogP contribution in [0.5, 0.6) is 0 Å². The Hall–Kier alpha value is -3.19. The molecule has 0 aliphatic rings. The van der Waals surface area contributed by atoms with Gasteiger partial charge >= 0.3 is 5.63 Å². The molecule has 0 aliphatic heterocycles. The van der Waals surface area contributed by atoms with Gasteiger partial charge in [-0.3, -0.25) is 10.1 Å². The van der Waals surface area contributed by atoms with Crippen LogP contribution in [0.3, 0.4) is 0 Å². The minimum absolute atomic E-state index is 0.106. The second-order valence-corrected chi connectivity index (χ2v) is 7.85. The van der Waals surface area contributed by atoms with Crippen molar-refractivity contribution in [3.63, 3.8) is 0 Å². The van der Waals surface area contributed by atoms with Crippen molar-refractivity contribution >= 4 is 63.1 Å². The Kier molecular flexibility index (Phi) is 6.04. The van der Waals surface area contributed by atoms with Gasteiger partial charge in [-0.1, -0.05) is 47.5 Å². The van der Waals surface area contributed by atoms with Crippen molar-refractivity contribution in [2.24, 2.45) is 0 Å². The summed E-state index contributed by atoms with van der Waals surface area (Å²) in [5.41, 5.74) is 1.89. The van der Waals surface area contributed by atoms with Gasteiger partial charge in [0.2, 0.25) is 0 Å². The maximum Gasteiger partial charge on any atom is 0.344 e. The minimum Gasteiger partial charge on any atom is -0.422 e. The summed E-state index contributed by atoms with van der Waals surface area (Å²) in [5.74, 6) is -0.370. The van der Waals surface area contributed by atoms with E-state index in [9.17, 15) is 9.59 Å². The number of hydrogen-bond donors (Lipinski definition) is 2. The molecule has 2 N–H and O–H groups in total. The number of para-hydroxylation sites is 1. The summed E-state index contributed by atoms with van der Waals surface area (Å²) >= 11 is 17.5. The number of carbonyl (C=O) groups excluding carboxylic acids is 1. The van der Waals surface area contributed by atoms with Gasteiger partial charge in [0.15, 0.2) is 5.11 Å². The zero-order valence-electron chi connectivity index (χ0n) is 15.8. The quantitative estimate of drug-likeness (QED) is 0.289. The van der Waals surface area contributed by atoms with E-state index in [0.717, 1.165) is 5.39 Å². The van der Waals surface area contributed by atoms with Crippen LogP contribution in [0.25, 0.3) is 22.1 Å². The average Bonchev–Trinajstić information content (AvgIpc) is 2.74. The molecular weight excluding hydrogens is 455 g/mol. The highest BCUT2D eigenvalue weighted by Crippen LogP contribution is 2.30. The molecule has 3 aromatic carbocycles. The number of rotatable bonds is 3. The van der Waals surface area contributed by atoms with Crippen LogP contribution >= 0.6 is 35.4 Å². The molecule has 0 saturated heterocycles. The fraction of sp³-hybridized carbons (Fsp3) is 0. The highest BCUT2D eigenvalue weighted by molar-refractivity contribution is 7.80. The fourth-order valence-electron chi connectivity index (χ4n) is 3.00. The first-order chi connectivity index (χ1) is 14.9. The van der Waals surface area contributed by atoms with E-state index in [2.05, 4.69) is 10.6 Å². The van der Waals surface area contributed by atoms with Crippen molar-refractivity contribution in [1.82, 2.24) is 5.32 Å². The van der Waals surface area contributed by atoms with E-state index in [1.54, 1.807) is 60.7 Å². The van der Waals surface area contributed by atoms with E-state index in [1.165, 1.54) is 0 Å². The summed E-state index contributed by atoms with van der Waals surface area (Å²) in [5, 5.41) is 7.26. The monoisotopic (exact) mass is 468 g/mol. The number of thiocarbonyl (C=S) groups is 1. The lowest BCUT2D eigenvalue weighted by Gasteiger charge is -2.11. The van der Waals surface area contributed by atoms with Crippen molar-refractivity contribution < 1.29 is 9.21 Å². The molecule has 154 valence electrons. The molecule has 0 unspecified atom stereocenters. The zero-order chi connectivity index (χ0) is 22.0. The number of hydrogen-bond acceptors (Lipinski definition) is 4. The number of amides is 1. The molecule has 31 heavy (non-hydrogen) atoms. The molecule has 0 bridgehead atoms. The topological polar surface area (TPSA) is 71.3 Å². The Bertz CT molecular complexity index is 1370. The van der Waals surface area contributed by atoms with Gasteiger partial charge in [0, 0.05) is 27.2 Å². The summed E-state index contributed by atoms with van der Waals surface area (Å²) in [7, 11) is 0. The summed E-state index contributed by atoms with van der Waals surface area (Å²) < 4.78 is 5.38. The highest BCUT2D eigenvalue weighted by Gasteiger charge is 2.13. The molecule has 0 aliphatic carbocycles. The Balaban J connectivity index is 1.52. The van der Waals surface area contributed by atoms with Crippen LogP contribution in [0, 0.1) is 0 Å². The van der Waals surface area contributed by atoms with Gasteiger partial charge in [-0.25, -0.2) is 4.79 Å². The maximum atomic E-state index is 12.4. The van der Waals surface area contributed by atoms with Crippen molar-refractivity contribution in [1.29, 1.82) is 0 Å². The van der Waals surface area contributed by atoms with Gasteiger partial charge in [-0.05, 0) is 60.7 Å². The molecular formula is C23H14Cl2N2O3S. The first kappa shape index (κ1) is 21.1. The minimum atomic E-state index is -0.480. The van der Waals surface area contributed by atoms with E-state index in [0.29, 0.717) is 38.0 Å². The predicted molar refractivity (Wildman–Crippen MR) is 128 cm³/mol. The third-order valence-corrected chi connectivity index (χ3v) is 5.26. The largest absolute Gasteiger partial charge is 0.422 e. The summed E-state index contributed by atoms with van der Waals surface area (Å²) in [6.07, 6.45) is 0. The number of nitrogens with one attached hydrogen (secondary N) is 2. The number of halogens is 2. The summed E-state index contributed by atoms with van der Waals surface area (Å²) in [6.45, 7) is 0. The van der Waals surface area contributed by atoms with Crippen LogP contribution in [0.1, 0.15) is 10.4 Å². The Labute approximate surface area is 192 Å². The molecule has 4 aromatic rings. The summed E-state index contributed by atoms with van der Waals surface area (Å²) in [6, 6.07) is 20.4. The van der Waals surface area contributed by atoms with Gasteiger partial charge < -0.3 is 9.73 Å². The van der Waals surface area contributed by atoms with Crippen molar-refractivity contribution in [3.05, 3.63) is 98.8 Å². The molecule has 0 atom stereocenters. The van der Waals surface area contributed by atoms with Crippen LogP contribution in [-0.4, -0.2) is 11.0 Å². The molecule has 0 fully saturated rings. The first-order valence-electron chi connectivity index (χ1n) is 9.11. The fourth-order valence-corrected chi connectivity index (χ4v) is 3.62. The van der Waals surface area contributed by atoms with Gasteiger partial charge in [0.05, 0.1) is 10.6 Å². The smallest absolute Gasteiger partial charge is 0.344 e. The van der Waals surface area contributed by atoms with Crippen molar-refractivity contribution in [3.8, 4) is 11.1 Å². The van der Waals surface area contributed by atoms with Gasteiger partial charge in [-0.2, -0.15) is 0 Å². The third kappa shape index (κ3) is 4.77. The maximum absolute atomic E-state index is 12.4. The van der Waals surface area contributed by atoms with E-state index in [-0.39, 0.29) is 11.0 Å². The van der Waals surface area contributed by atoms with Gasteiger partial charge in [0.1, 0.15) is 5.58 Å². The lowest BCUT2D eigenvalue weighted by Crippen LogP contribution is -2.34. The standard InChI is InChI=1S/C23H14Cl2N2O3S/c24-15-7-5-13(6-8-15)21(28)27-23(31)26-16-9-10-17(19(25)12-16)18-11-14-3-1-2-4-20(14)30-22(18)29/h1-12H,(H2,26,27,28,31). The lowest BCUT2D eigenvalue weighted by molar-refractivity contribution is 0.0977. The van der Waals surface area contributed by atoms with Crippen molar-refractivity contribution in [2.75, 3.05) is 5.32 Å². The average molecular weight is 469 g/mol. The Morgan fingerprint density at radius 1 is 0.903 bits per heavy atom. The molecule has 1 aromatic heterocycles. The molecule has 5 nitrogen and oxygen atoms in total. The Morgan fingerprint density at radius 3 is 2.39 bits per heavy atom. The summed E-state index contributed by atoms with van der Waals surface area (Å²) in [4.78, 5) is 24.7. The van der Waals surface area contributed by atoms with Gasteiger partial charge in [-0.15, -0.1) is 0 Å². The molecule has 0 radical (unpaired) electrons. The van der Waals surface area contributed by atoms with E-state index in [1.807, 2.05) is 12.1 Å². The zero-order valence-corrected chi connectivity index (χ0v) is 18.1. The first-order valence-corrected chi connectivity index (χ1v) is 10.3. The predicted octanol–water partition coefficient (Wildman–Crippen LogP) is 5.89. The molecule has 8 heteroatoms. The normalized spacial score (nSPS) is 10.6. The molecule has 1 heterocycles. The number of carbonyl (C=O) groups is 1. The SMILES string of the molecule is O=C(NC(=S)Nc1ccc(-c2cc3ccccc3oc2=O)c(Cl)c1)c1ccc(Cl)cc1. The third-order valence-electron chi connectivity index (χ3n) is 4.49. The second kappa shape index (κ2) is 8.89. The Morgan fingerprint density at radius 2 is 1.65 bits per heavy atom. The number of anilines is 1.